The molecule has 0 radical (unpaired) electrons. The second-order valence-electron chi connectivity index (χ2n) is 8.56. The third-order valence-corrected chi connectivity index (χ3v) is 6.24. The molecule has 2 heterocycles. The molecule has 0 bridgehead atoms. The largest absolute Gasteiger partial charge is 0.497 e. The molecule has 2 aromatic heterocycles. The summed E-state index contributed by atoms with van der Waals surface area (Å²) in [6.07, 6.45) is 3.26. The van der Waals surface area contributed by atoms with Crippen molar-refractivity contribution >= 4 is 52.9 Å². The molecule has 0 saturated heterocycles. The van der Waals surface area contributed by atoms with Crippen LogP contribution < -0.4 is 25.5 Å². The van der Waals surface area contributed by atoms with Gasteiger partial charge < -0.3 is 24.5 Å². The van der Waals surface area contributed by atoms with Gasteiger partial charge in [0.1, 0.15) is 23.9 Å². The Bertz CT molecular complexity index is 1600. The maximum atomic E-state index is 6.22. The number of halogens is 2. The molecule has 5 aromatic rings. The van der Waals surface area contributed by atoms with Gasteiger partial charge in [0.25, 0.3) is 0 Å². The SMILES string of the molecule is COc1ccc(Nc2nc(NCc3ccco3)nc(NN=Cc3ccc(OCc4ccc(Cl)cc4Cl)cc3)n2)cc1. The third kappa shape index (κ3) is 8.10. The Morgan fingerprint density at radius 1 is 0.878 bits per heavy atom. The third-order valence-electron chi connectivity index (χ3n) is 5.65. The van der Waals surface area contributed by atoms with E-state index in [1.165, 1.54) is 0 Å². The number of ether oxygens (including phenoxy) is 2. The highest BCUT2D eigenvalue weighted by molar-refractivity contribution is 6.35. The number of hydrogen-bond acceptors (Lipinski definition) is 10. The number of benzene rings is 3. The van der Waals surface area contributed by atoms with E-state index in [1.54, 1.807) is 31.7 Å². The highest BCUT2D eigenvalue weighted by Crippen LogP contribution is 2.23. The molecule has 0 aliphatic carbocycles. The number of nitrogens with one attached hydrogen (secondary N) is 3. The summed E-state index contributed by atoms with van der Waals surface area (Å²) in [5.74, 6) is 3.09. The van der Waals surface area contributed by atoms with E-state index in [4.69, 9.17) is 37.1 Å². The number of anilines is 4. The topological polar surface area (TPSA) is 119 Å². The van der Waals surface area contributed by atoms with Gasteiger partial charge in [-0.2, -0.15) is 20.1 Å². The standard InChI is InChI=1S/C29H25Cl2N7O3/c1-39-23-12-8-22(9-13-23)34-28-35-27(32-17-25-3-2-14-40-25)36-29(37-28)38-33-16-19-4-10-24(11-5-19)41-18-20-6-7-21(30)15-26(20)31/h2-16H,17-18H2,1H3,(H3,32,34,35,36,37,38). The summed E-state index contributed by atoms with van der Waals surface area (Å²) in [5.41, 5.74) is 5.34. The number of hydrazone groups is 1. The molecule has 0 unspecified atom stereocenters. The summed E-state index contributed by atoms with van der Waals surface area (Å²) in [4.78, 5) is 13.3. The maximum absolute atomic E-state index is 6.22. The molecular weight excluding hydrogens is 565 g/mol. The van der Waals surface area contributed by atoms with Gasteiger partial charge in [0, 0.05) is 21.3 Å². The molecule has 5 rings (SSSR count). The minimum Gasteiger partial charge on any atom is -0.497 e. The van der Waals surface area contributed by atoms with E-state index in [9.17, 15) is 0 Å². The van der Waals surface area contributed by atoms with Gasteiger partial charge in [-0.25, -0.2) is 5.43 Å². The number of hydrogen-bond donors (Lipinski definition) is 3. The van der Waals surface area contributed by atoms with Crippen molar-refractivity contribution in [3.8, 4) is 11.5 Å². The van der Waals surface area contributed by atoms with Gasteiger partial charge in [-0.3, -0.25) is 0 Å². The summed E-state index contributed by atoms with van der Waals surface area (Å²) in [6, 6.07) is 23.8. The predicted molar refractivity (Wildman–Crippen MR) is 161 cm³/mol. The fourth-order valence-electron chi connectivity index (χ4n) is 3.56. The predicted octanol–water partition coefficient (Wildman–Crippen LogP) is 7.16. The Morgan fingerprint density at radius 2 is 1.63 bits per heavy atom. The maximum Gasteiger partial charge on any atom is 0.250 e. The molecule has 0 aliphatic heterocycles. The van der Waals surface area contributed by atoms with Crippen LogP contribution in [0.5, 0.6) is 11.5 Å². The van der Waals surface area contributed by atoms with Crippen molar-refractivity contribution in [1.29, 1.82) is 0 Å². The first-order chi connectivity index (χ1) is 20.0. The summed E-state index contributed by atoms with van der Waals surface area (Å²) < 4.78 is 16.4. The first kappa shape index (κ1) is 27.8. The van der Waals surface area contributed by atoms with Crippen molar-refractivity contribution in [2.24, 2.45) is 5.10 Å². The van der Waals surface area contributed by atoms with Gasteiger partial charge in [0.05, 0.1) is 26.1 Å². The van der Waals surface area contributed by atoms with E-state index in [2.05, 4.69) is 36.1 Å². The van der Waals surface area contributed by atoms with Crippen LogP contribution >= 0.6 is 23.2 Å². The van der Waals surface area contributed by atoms with Crippen molar-refractivity contribution in [3.63, 3.8) is 0 Å². The van der Waals surface area contributed by atoms with Crippen LogP contribution in [-0.2, 0) is 13.2 Å². The number of rotatable bonds is 12. The van der Waals surface area contributed by atoms with E-state index in [0.717, 1.165) is 28.3 Å². The Hall–Kier alpha value is -4.80. The fraction of sp³-hybridized carbons (Fsp3) is 0.103. The minimum atomic E-state index is 0.244. The van der Waals surface area contributed by atoms with Crippen LogP contribution in [-0.4, -0.2) is 28.3 Å². The first-order valence-corrected chi connectivity index (χ1v) is 13.2. The number of furan rings is 1. The number of aromatic nitrogens is 3. The summed E-state index contributed by atoms with van der Waals surface area (Å²) >= 11 is 12.2. The Morgan fingerprint density at radius 3 is 2.37 bits per heavy atom. The molecule has 41 heavy (non-hydrogen) atoms. The van der Waals surface area contributed by atoms with Gasteiger partial charge in [-0.05, 0) is 78.4 Å². The van der Waals surface area contributed by atoms with E-state index in [0.29, 0.717) is 40.8 Å². The zero-order valence-corrected chi connectivity index (χ0v) is 23.4. The van der Waals surface area contributed by atoms with Crippen molar-refractivity contribution in [2.75, 3.05) is 23.2 Å². The van der Waals surface area contributed by atoms with Crippen molar-refractivity contribution in [1.82, 2.24) is 15.0 Å². The Kier molecular flexibility index (Phi) is 9.15. The molecule has 0 atom stereocenters. The summed E-state index contributed by atoms with van der Waals surface area (Å²) in [5, 5.41) is 11.7. The molecular formula is C29H25Cl2N7O3. The van der Waals surface area contributed by atoms with Crippen LogP contribution in [0.1, 0.15) is 16.9 Å². The molecule has 0 amide bonds. The zero-order chi connectivity index (χ0) is 28.4. The lowest BCUT2D eigenvalue weighted by molar-refractivity contribution is 0.306. The average molecular weight is 590 g/mol. The molecule has 0 saturated carbocycles. The second kappa shape index (κ2) is 13.5. The molecule has 208 valence electrons. The lowest BCUT2D eigenvalue weighted by Crippen LogP contribution is -2.09. The van der Waals surface area contributed by atoms with Gasteiger partial charge in [0.15, 0.2) is 0 Å². The Labute approximate surface area is 246 Å². The van der Waals surface area contributed by atoms with Crippen molar-refractivity contribution in [3.05, 3.63) is 112 Å². The number of methoxy groups -OCH3 is 1. The molecule has 12 heteroatoms. The van der Waals surface area contributed by atoms with Gasteiger partial charge in [-0.1, -0.05) is 29.3 Å². The minimum absolute atomic E-state index is 0.244. The van der Waals surface area contributed by atoms with Crippen LogP contribution in [0.25, 0.3) is 0 Å². The quantitative estimate of drug-likeness (QED) is 0.103. The van der Waals surface area contributed by atoms with Crippen LogP contribution in [0.2, 0.25) is 10.0 Å². The number of nitrogens with zero attached hydrogens (tertiary/aromatic N) is 4. The normalized spacial score (nSPS) is 10.9. The average Bonchev–Trinajstić information content (AvgIpc) is 3.51. The highest BCUT2D eigenvalue weighted by Gasteiger charge is 2.08. The lowest BCUT2D eigenvalue weighted by Gasteiger charge is -2.10. The molecule has 0 aliphatic rings. The van der Waals surface area contributed by atoms with Gasteiger partial charge in [0.2, 0.25) is 17.8 Å². The summed E-state index contributed by atoms with van der Waals surface area (Å²) in [7, 11) is 1.62. The lowest BCUT2D eigenvalue weighted by atomic mass is 10.2. The van der Waals surface area contributed by atoms with Crippen LogP contribution in [0.3, 0.4) is 0 Å². The zero-order valence-electron chi connectivity index (χ0n) is 21.8. The van der Waals surface area contributed by atoms with E-state index in [-0.39, 0.29) is 5.95 Å². The monoisotopic (exact) mass is 589 g/mol. The van der Waals surface area contributed by atoms with Crippen molar-refractivity contribution < 1.29 is 13.9 Å². The van der Waals surface area contributed by atoms with Crippen molar-refractivity contribution in [2.45, 2.75) is 13.2 Å². The molecule has 3 N–H and O–H groups in total. The van der Waals surface area contributed by atoms with Crippen LogP contribution in [0, 0.1) is 0 Å². The highest BCUT2D eigenvalue weighted by atomic mass is 35.5. The molecule has 10 nitrogen and oxygen atoms in total. The van der Waals surface area contributed by atoms with Crippen LogP contribution in [0.4, 0.5) is 23.5 Å². The van der Waals surface area contributed by atoms with E-state index >= 15 is 0 Å². The molecule has 3 aromatic carbocycles. The van der Waals surface area contributed by atoms with Crippen LogP contribution in [0.15, 0.2) is 94.6 Å². The van der Waals surface area contributed by atoms with E-state index in [1.807, 2.05) is 66.7 Å². The Balaban J connectivity index is 1.23. The smallest absolute Gasteiger partial charge is 0.250 e. The fourth-order valence-corrected chi connectivity index (χ4v) is 4.02. The molecule has 0 fully saturated rings. The van der Waals surface area contributed by atoms with Gasteiger partial charge in [-0.15, -0.1) is 0 Å². The molecule has 0 spiro atoms. The van der Waals surface area contributed by atoms with E-state index < -0.39 is 0 Å². The van der Waals surface area contributed by atoms with Gasteiger partial charge >= 0.3 is 0 Å². The first-order valence-electron chi connectivity index (χ1n) is 12.4. The second-order valence-corrected chi connectivity index (χ2v) is 9.40. The summed E-state index contributed by atoms with van der Waals surface area (Å²) in [6.45, 7) is 0.730.